The molecule has 0 spiro atoms. The molecule has 0 aliphatic rings. The molecule has 2 N–H and O–H groups in total. The van der Waals surface area contributed by atoms with Crippen LogP contribution in [0.5, 0.6) is 5.75 Å². The Bertz CT molecular complexity index is 296. The molecule has 0 radical (unpaired) electrons. The van der Waals surface area contributed by atoms with Crippen LogP contribution in [-0.2, 0) is 0 Å². The third-order valence-corrected chi connectivity index (χ3v) is 1.75. The first-order valence-electron chi connectivity index (χ1n) is 3.87. The molecule has 0 bridgehead atoms. The molecule has 14 heavy (non-hydrogen) atoms. The summed E-state index contributed by atoms with van der Waals surface area (Å²) in [6.45, 7) is -0.253. The standard InChI is InChI=1S/C9H11F2NO.ClH/c1-13-8-4-2-3-6(10)9(8)7(11)5-12;/h2-4,7H,5,12H2,1H3;1H. The van der Waals surface area contributed by atoms with Crippen molar-refractivity contribution in [3.8, 4) is 5.75 Å². The van der Waals surface area contributed by atoms with Crippen LogP contribution in [0.3, 0.4) is 0 Å². The highest BCUT2D eigenvalue weighted by Gasteiger charge is 2.17. The molecule has 0 aliphatic heterocycles. The number of ether oxygens (including phenoxy) is 1. The normalized spacial score (nSPS) is 11.7. The maximum Gasteiger partial charge on any atom is 0.144 e. The van der Waals surface area contributed by atoms with Gasteiger partial charge >= 0.3 is 0 Å². The molecule has 5 heteroatoms. The number of rotatable bonds is 3. The molecule has 80 valence electrons. The molecule has 1 rings (SSSR count). The smallest absolute Gasteiger partial charge is 0.144 e. The van der Waals surface area contributed by atoms with Crippen LogP contribution in [0.2, 0.25) is 0 Å². The van der Waals surface area contributed by atoms with Gasteiger partial charge in [-0.3, -0.25) is 0 Å². The lowest BCUT2D eigenvalue weighted by molar-refractivity contribution is 0.319. The summed E-state index contributed by atoms with van der Waals surface area (Å²) in [5.41, 5.74) is 5.00. The first-order valence-corrected chi connectivity index (χ1v) is 3.87. The number of nitrogens with two attached hydrogens (primary N) is 1. The minimum absolute atomic E-state index is 0. The Morgan fingerprint density at radius 1 is 1.50 bits per heavy atom. The average Bonchev–Trinajstić information content (AvgIpc) is 2.16. The van der Waals surface area contributed by atoms with E-state index in [1.54, 1.807) is 0 Å². The second-order valence-corrected chi connectivity index (χ2v) is 2.56. The highest BCUT2D eigenvalue weighted by molar-refractivity contribution is 5.85. The van der Waals surface area contributed by atoms with Gasteiger partial charge in [-0.2, -0.15) is 0 Å². The topological polar surface area (TPSA) is 35.2 Å². The predicted octanol–water partition coefficient (Wildman–Crippen LogP) is 2.23. The van der Waals surface area contributed by atoms with E-state index in [2.05, 4.69) is 0 Å². The van der Waals surface area contributed by atoms with E-state index in [1.165, 1.54) is 25.3 Å². The SMILES string of the molecule is COc1cccc(F)c1C(F)CN.Cl. The van der Waals surface area contributed by atoms with Crippen molar-refractivity contribution in [3.63, 3.8) is 0 Å². The molecule has 0 saturated carbocycles. The van der Waals surface area contributed by atoms with Gasteiger partial charge in [0.05, 0.1) is 12.7 Å². The van der Waals surface area contributed by atoms with Gasteiger partial charge < -0.3 is 10.5 Å². The van der Waals surface area contributed by atoms with Crippen molar-refractivity contribution in [2.75, 3.05) is 13.7 Å². The zero-order valence-corrected chi connectivity index (χ0v) is 8.48. The second-order valence-electron chi connectivity index (χ2n) is 2.56. The molecule has 0 heterocycles. The van der Waals surface area contributed by atoms with Gasteiger partial charge in [0.15, 0.2) is 0 Å². The van der Waals surface area contributed by atoms with Crippen LogP contribution >= 0.6 is 12.4 Å². The lowest BCUT2D eigenvalue weighted by Crippen LogP contribution is -2.10. The molecule has 0 aliphatic carbocycles. The largest absolute Gasteiger partial charge is 0.496 e. The third-order valence-electron chi connectivity index (χ3n) is 1.75. The van der Waals surface area contributed by atoms with E-state index < -0.39 is 12.0 Å². The summed E-state index contributed by atoms with van der Waals surface area (Å²) in [6, 6.07) is 4.14. The fourth-order valence-electron chi connectivity index (χ4n) is 1.12. The Hall–Kier alpha value is -0.870. The van der Waals surface area contributed by atoms with Gasteiger partial charge in [-0.1, -0.05) is 6.07 Å². The van der Waals surface area contributed by atoms with Crippen LogP contribution in [0.4, 0.5) is 8.78 Å². The summed E-state index contributed by atoms with van der Waals surface area (Å²) in [7, 11) is 1.36. The second kappa shape index (κ2) is 5.78. The molecule has 1 atom stereocenters. The minimum Gasteiger partial charge on any atom is -0.496 e. The van der Waals surface area contributed by atoms with Gasteiger partial charge in [0, 0.05) is 6.54 Å². The molecule has 1 unspecified atom stereocenters. The summed E-state index contributed by atoms with van der Waals surface area (Å²) in [4.78, 5) is 0. The number of hydrogen-bond acceptors (Lipinski definition) is 2. The maximum absolute atomic E-state index is 13.1. The van der Waals surface area contributed by atoms with Crippen molar-refractivity contribution >= 4 is 12.4 Å². The van der Waals surface area contributed by atoms with Gasteiger partial charge in [-0.15, -0.1) is 12.4 Å². The Morgan fingerprint density at radius 3 is 2.64 bits per heavy atom. The van der Waals surface area contributed by atoms with Crippen LogP contribution in [0.15, 0.2) is 18.2 Å². The van der Waals surface area contributed by atoms with Crippen molar-refractivity contribution in [3.05, 3.63) is 29.6 Å². The quantitative estimate of drug-likeness (QED) is 0.853. The zero-order chi connectivity index (χ0) is 9.84. The van der Waals surface area contributed by atoms with E-state index >= 15 is 0 Å². The van der Waals surface area contributed by atoms with E-state index in [0.29, 0.717) is 0 Å². The van der Waals surface area contributed by atoms with E-state index in [4.69, 9.17) is 10.5 Å². The van der Waals surface area contributed by atoms with Crippen LogP contribution < -0.4 is 10.5 Å². The Labute approximate surface area is 87.5 Å². The minimum atomic E-state index is -1.52. The van der Waals surface area contributed by atoms with Gasteiger partial charge in [-0.05, 0) is 12.1 Å². The predicted molar refractivity (Wildman–Crippen MR) is 53.1 cm³/mol. The van der Waals surface area contributed by atoms with Crippen molar-refractivity contribution < 1.29 is 13.5 Å². The van der Waals surface area contributed by atoms with E-state index in [-0.39, 0.29) is 30.3 Å². The molecule has 0 aromatic heterocycles. The van der Waals surface area contributed by atoms with Crippen molar-refractivity contribution in [2.24, 2.45) is 5.73 Å². The third kappa shape index (κ3) is 2.56. The molecule has 1 aromatic rings. The van der Waals surface area contributed by atoms with Gasteiger partial charge in [0.25, 0.3) is 0 Å². The van der Waals surface area contributed by atoms with Crippen molar-refractivity contribution in [1.82, 2.24) is 0 Å². The number of benzene rings is 1. The van der Waals surface area contributed by atoms with Gasteiger partial charge in [-0.25, -0.2) is 8.78 Å². The van der Waals surface area contributed by atoms with Crippen LogP contribution in [0.25, 0.3) is 0 Å². The molecule has 1 aromatic carbocycles. The summed E-state index contributed by atoms with van der Waals surface area (Å²) in [6.07, 6.45) is -1.52. The Balaban J connectivity index is 0.00000169. The van der Waals surface area contributed by atoms with Crippen LogP contribution in [-0.4, -0.2) is 13.7 Å². The number of halogens is 3. The van der Waals surface area contributed by atoms with Crippen LogP contribution in [0.1, 0.15) is 11.7 Å². The fourth-order valence-corrected chi connectivity index (χ4v) is 1.12. The summed E-state index contributed by atoms with van der Waals surface area (Å²) >= 11 is 0. The monoisotopic (exact) mass is 223 g/mol. The highest BCUT2D eigenvalue weighted by atomic mass is 35.5. The maximum atomic E-state index is 13.1. The van der Waals surface area contributed by atoms with Gasteiger partial charge in [0.2, 0.25) is 0 Å². The molecular weight excluding hydrogens is 212 g/mol. The van der Waals surface area contributed by atoms with Crippen molar-refractivity contribution in [2.45, 2.75) is 6.17 Å². The highest BCUT2D eigenvalue weighted by Crippen LogP contribution is 2.29. The first kappa shape index (κ1) is 13.1. The summed E-state index contributed by atoms with van der Waals surface area (Å²) < 4.78 is 31.0. The Kier molecular flexibility index (Phi) is 5.42. The van der Waals surface area contributed by atoms with Gasteiger partial charge in [0.1, 0.15) is 17.7 Å². The van der Waals surface area contributed by atoms with E-state index in [9.17, 15) is 8.78 Å². The van der Waals surface area contributed by atoms with E-state index in [1.807, 2.05) is 0 Å². The molecule has 0 saturated heterocycles. The molecule has 0 amide bonds. The lowest BCUT2D eigenvalue weighted by Gasteiger charge is -2.11. The zero-order valence-electron chi connectivity index (χ0n) is 7.67. The van der Waals surface area contributed by atoms with Crippen LogP contribution in [0, 0.1) is 5.82 Å². The molecule has 0 fully saturated rings. The van der Waals surface area contributed by atoms with Crippen molar-refractivity contribution in [1.29, 1.82) is 0 Å². The number of hydrogen-bond donors (Lipinski definition) is 1. The molecule has 2 nitrogen and oxygen atoms in total. The fraction of sp³-hybridized carbons (Fsp3) is 0.333. The van der Waals surface area contributed by atoms with E-state index in [0.717, 1.165) is 0 Å². The molecular formula is C9H12ClF2NO. The summed E-state index contributed by atoms with van der Waals surface area (Å²) in [5, 5.41) is 0. The lowest BCUT2D eigenvalue weighted by atomic mass is 10.1. The number of alkyl halides is 1. The Morgan fingerprint density at radius 2 is 2.14 bits per heavy atom. The average molecular weight is 224 g/mol. The summed E-state index contributed by atoms with van der Waals surface area (Å²) in [5.74, 6) is -0.435. The number of methoxy groups -OCH3 is 1. The first-order chi connectivity index (χ1) is 6.20.